The van der Waals surface area contributed by atoms with Gasteiger partial charge in [-0.25, -0.2) is 13.1 Å². The third kappa shape index (κ3) is 4.91. The van der Waals surface area contributed by atoms with E-state index in [0.717, 1.165) is 19.3 Å². The molecule has 0 spiro atoms. The number of hydrogen-bond acceptors (Lipinski definition) is 2. The number of rotatable bonds is 6. The summed E-state index contributed by atoms with van der Waals surface area (Å²) in [5.41, 5.74) is 1.09. The largest absolute Gasteiger partial charge is 0.240 e. The first-order valence-electron chi connectivity index (χ1n) is 7.28. The first-order chi connectivity index (χ1) is 9.16. The molecule has 0 saturated heterocycles. The van der Waals surface area contributed by atoms with Gasteiger partial charge in [0.15, 0.2) is 0 Å². The van der Waals surface area contributed by atoms with E-state index in [1.807, 2.05) is 39.8 Å². The van der Waals surface area contributed by atoms with Gasteiger partial charge in [-0.05, 0) is 42.9 Å². The normalized spacial score (nSPS) is 14.2. The van der Waals surface area contributed by atoms with Gasteiger partial charge in [-0.15, -0.1) is 0 Å². The fourth-order valence-electron chi connectivity index (χ4n) is 1.69. The zero-order chi connectivity index (χ0) is 15.4. The Morgan fingerprint density at radius 3 is 2.15 bits per heavy atom. The van der Waals surface area contributed by atoms with Gasteiger partial charge in [-0.3, -0.25) is 0 Å². The van der Waals surface area contributed by atoms with E-state index < -0.39 is 10.0 Å². The zero-order valence-electron chi connectivity index (χ0n) is 13.2. The second-order valence-corrected chi connectivity index (χ2v) is 8.17. The SMILES string of the molecule is CCCCc1ccc(S(=O)(=O)NC(C)C(C)(C)C)cc1. The highest BCUT2D eigenvalue weighted by Crippen LogP contribution is 2.21. The maximum Gasteiger partial charge on any atom is 0.240 e. The van der Waals surface area contributed by atoms with Crippen molar-refractivity contribution in [1.29, 1.82) is 0 Å². The van der Waals surface area contributed by atoms with E-state index in [1.165, 1.54) is 5.56 Å². The summed E-state index contributed by atoms with van der Waals surface area (Å²) >= 11 is 0. The van der Waals surface area contributed by atoms with E-state index >= 15 is 0 Å². The number of unbranched alkanes of at least 4 members (excludes halogenated alkanes) is 1. The molecule has 1 aromatic rings. The monoisotopic (exact) mass is 297 g/mol. The van der Waals surface area contributed by atoms with E-state index in [2.05, 4.69) is 11.6 Å². The molecular weight excluding hydrogens is 270 g/mol. The first kappa shape index (κ1) is 17.2. The van der Waals surface area contributed by atoms with Crippen molar-refractivity contribution in [1.82, 2.24) is 4.72 Å². The van der Waals surface area contributed by atoms with Crippen molar-refractivity contribution in [2.24, 2.45) is 5.41 Å². The molecule has 0 fully saturated rings. The molecule has 4 heteroatoms. The van der Waals surface area contributed by atoms with Crippen LogP contribution in [0.1, 0.15) is 53.0 Å². The van der Waals surface area contributed by atoms with Crippen molar-refractivity contribution in [3.63, 3.8) is 0 Å². The van der Waals surface area contributed by atoms with Crippen LogP contribution in [-0.2, 0) is 16.4 Å². The number of hydrogen-bond donors (Lipinski definition) is 1. The number of benzene rings is 1. The van der Waals surface area contributed by atoms with Gasteiger partial charge in [-0.2, -0.15) is 0 Å². The molecule has 114 valence electrons. The van der Waals surface area contributed by atoms with Crippen molar-refractivity contribution in [2.45, 2.75) is 64.8 Å². The molecule has 3 nitrogen and oxygen atoms in total. The molecule has 1 unspecified atom stereocenters. The highest BCUT2D eigenvalue weighted by molar-refractivity contribution is 7.89. The Morgan fingerprint density at radius 1 is 1.15 bits per heavy atom. The molecule has 0 aromatic heterocycles. The van der Waals surface area contributed by atoms with Crippen molar-refractivity contribution in [3.8, 4) is 0 Å². The van der Waals surface area contributed by atoms with Crippen LogP contribution in [0.5, 0.6) is 0 Å². The average Bonchev–Trinajstić information content (AvgIpc) is 2.35. The Hall–Kier alpha value is -0.870. The number of aryl methyl sites for hydroxylation is 1. The lowest BCUT2D eigenvalue weighted by atomic mass is 9.89. The quantitative estimate of drug-likeness (QED) is 0.869. The summed E-state index contributed by atoms with van der Waals surface area (Å²) in [5.74, 6) is 0. The molecule has 0 aliphatic rings. The van der Waals surface area contributed by atoms with E-state index in [-0.39, 0.29) is 11.5 Å². The van der Waals surface area contributed by atoms with Gasteiger partial charge < -0.3 is 0 Å². The molecule has 0 amide bonds. The van der Waals surface area contributed by atoms with Crippen molar-refractivity contribution < 1.29 is 8.42 Å². The summed E-state index contributed by atoms with van der Waals surface area (Å²) in [4.78, 5) is 0.342. The smallest absolute Gasteiger partial charge is 0.208 e. The second kappa shape index (κ2) is 6.72. The summed E-state index contributed by atoms with van der Waals surface area (Å²) in [7, 11) is -3.43. The van der Waals surface area contributed by atoms with E-state index in [1.54, 1.807) is 12.1 Å². The van der Waals surface area contributed by atoms with E-state index in [0.29, 0.717) is 4.90 Å². The Kier molecular flexibility index (Phi) is 5.78. The predicted molar refractivity (Wildman–Crippen MR) is 84.3 cm³/mol. The van der Waals surface area contributed by atoms with Crippen LogP contribution >= 0.6 is 0 Å². The van der Waals surface area contributed by atoms with Crippen LogP contribution in [0.4, 0.5) is 0 Å². The van der Waals surface area contributed by atoms with Crippen LogP contribution in [-0.4, -0.2) is 14.5 Å². The third-order valence-electron chi connectivity index (χ3n) is 3.68. The molecule has 1 atom stereocenters. The topological polar surface area (TPSA) is 46.2 Å². The maximum atomic E-state index is 12.3. The van der Waals surface area contributed by atoms with Crippen LogP contribution in [0, 0.1) is 5.41 Å². The van der Waals surface area contributed by atoms with E-state index in [4.69, 9.17) is 0 Å². The minimum atomic E-state index is -3.43. The van der Waals surface area contributed by atoms with Crippen molar-refractivity contribution >= 4 is 10.0 Å². The first-order valence-corrected chi connectivity index (χ1v) is 8.76. The molecule has 1 rings (SSSR count). The van der Waals surface area contributed by atoms with Crippen molar-refractivity contribution in [3.05, 3.63) is 29.8 Å². The highest BCUT2D eigenvalue weighted by atomic mass is 32.2. The summed E-state index contributed by atoms with van der Waals surface area (Å²) in [6.45, 7) is 10.1. The summed E-state index contributed by atoms with van der Waals surface area (Å²) in [6, 6.07) is 7.09. The lowest BCUT2D eigenvalue weighted by Gasteiger charge is -2.27. The standard InChI is InChI=1S/C16H27NO2S/c1-6-7-8-14-9-11-15(12-10-14)20(18,19)17-13(2)16(3,4)5/h9-13,17H,6-8H2,1-5H3. The third-order valence-corrected chi connectivity index (χ3v) is 5.24. The Labute approximate surface area is 123 Å². The molecular formula is C16H27NO2S. The van der Waals surface area contributed by atoms with E-state index in [9.17, 15) is 8.42 Å². The average molecular weight is 297 g/mol. The lowest BCUT2D eigenvalue weighted by Crippen LogP contribution is -2.41. The van der Waals surface area contributed by atoms with Crippen molar-refractivity contribution in [2.75, 3.05) is 0 Å². The predicted octanol–water partition coefficient (Wildman–Crippen LogP) is 3.74. The van der Waals surface area contributed by atoms with Gasteiger partial charge in [0.25, 0.3) is 0 Å². The number of nitrogens with one attached hydrogen (secondary N) is 1. The van der Waals surface area contributed by atoms with Crippen LogP contribution in [0.3, 0.4) is 0 Å². The molecule has 0 aliphatic carbocycles. The van der Waals surface area contributed by atoms with Gasteiger partial charge >= 0.3 is 0 Å². The van der Waals surface area contributed by atoms with Crippen LogP contribution in [0.25, 0.3) is 0 Å². The highest BCUT2D eigenvalue weighted by Gasteiger charge is 2.25. The molecule has 0 saturated carbocycles. The van der Waals surface area contributed by atoms with Gasteiger partial charge in [0.2, 0.25) is 10.0 Å². The van der Waals surface area contributed by atoms with Gasteiger partial charge in [-0.1, -0.05) is 46.2 Å². The fourth-order valence-corrected chi connectivity index (χ4v) is 3.14. The summed E-state index contributed by atoms with van der Waals surface area (Å²) in [5, 5.41) is 0. The molecule has 0 heterocycles. The summed E-state index contributed by atoms with van der Waals surface area (Å²) in [6.07, 6.45) is 3.28. The molecule has 1 N–H and O–H groups in total. The van der Waals surface area contributed by atoms with Gasteiger partial charge in [0.1, 0.15) is 0 Å². The van der Waals surface area contributed by atoms with Crippen LogP contribution < -0.4 is 4.72 Å². The second-order valence-electron chi connectivity index (χ2n) is 6.46. The molecule has 0 radical (unpaired) electrons. The Balaban J connectivity index is 2.83. The number of sulfonamides is 1. The van der Waals surface area contributed by atoms with Gasteiger partial charge in [0, 0.05) is 6.04 Å². The zero-order valence-corrected chi connectivity index (χ0v) is 14.0. The lowest BCUT2D eigenvalue weighted by molar-refractivity contribution is 0.317. The Morgan fingerprint density at radius 2 is 1.70 bits per heavy atom. The summed E-state index contributed by atoms with van der Waals surface area (Å²) < 4.78 is 27.4. The van der Waals surface area contributed by atoms with Gasteiger partial charge in [0.05, 0.1) is 4.90 Å². The molecule has 20 heavy (non-hydrogen) atoms. The molecule has 1 aromatic carbocycles. The minimum absolute atomic E-state index is 0.103. The van der Waals surface area contributed by atoms with Crippen LogP contribution in [0.2, 0.25) is 0 Å². The molecule has 0 bridgehead atoms. The Bertz CT molecular complexity index is 512. The van der Waals surface area contributed by atoms with Crippen LogP contribution in [0.15, 0.2) is 29.2 Å². The fraction of sp³-hybridized carbons (Fsp3) is 0.625. The minimum Gasteiger partial charge on any atom is -0.208 e. The maximum absolute atomic E-state index is 12.3. The molecule has 0 aliphatic heterocycles.